The van der Waals surface area contributed by atoms with Gasteiger partial charge in [-0.1, -0.05) is 0 Å². The van der Waals surface area contributed by atoms with Crippen molar-refractivity contribution in [2.24, 2.45) is 5.73 Å². The molecule has 7 heteroatoms. The number of carbonyl (C=O) groups is 2. The number of primary amides is 1. The summed E-state index contributed by atoms with van der Waals surface area (Å²) in [6, 6.07) is -0.452. The minimum absolute atomic E-state index is 0.142. The van der Waals surface area contributed by atoms with Crippen LogP contribution >= 0.6 is 0 Å². The van der Waals surface area contributed by atoms with Gasteiger partial charge in [0.15, 0.2) is 0 Å². The van der Waals surface area contributed by atoms with Crippen molar-refractivity contribution in [3.63, 3.8) is 0 Å². The SMILES string of the molecule is CNC(=O)Nc1[nH]ncc1C(N)=O. The molecule has 70 valence electrons. The highest BCUT2D eigenvalue weighted by atomic mass is 16.2. The first kappa shape index (κ1) is 9.04. The van der Waals surface area contributed by atoms with Crippen LogP contribution in [0.3, 0.4) is 0 Å². The molecule has 0 bridgehead atoms. The molecule has 3 amide bonds. The highest BCUT2D eigenvalue weighted by Gasteiger charge is 2.11. The van der Waals surface area contributed by atoms with Gasteiger partial charge in [0.2, 0.25) is 0 Å². The fourth-order valence-electron chi connectivity index (χ4n) is 0.744. The monoisotopic (exact) mass is 183 g/mol. The Kier molecular flexibility index (Phi) is 2.48. The fourth-order valence-corrected chi connectivity index (χ4v) is 0.744. The molecule has 0 aliphatic heterocycles. The first-order valence-electron chi connectivity index (χ1n) is 3.47. The topological polar surface area (TPSA) is 113 Å². The molecule has 0 fully saturated rings. The molecule has 1 aromatic heterocycles. The van der Waals surface area contributed by atoms with Crippen molar-refractivity contribution in [2.45, 2.75) is 0 Å². The predicted octanol–water partition coefficient (Wildman–Crippen LogP) is -0.740. The van der Waals surface area contributed by atoms with E-state index in [-0.39, 0.29) is 11.4 Å². The zero-order chi connectivity index (χ0) is 9.84. The molecular formula is C6H9N5O2. The maximum atomic E-state index is 10.8. The van der Waals surface area contributed by atoms with E-state index in [0.29, 0.717) is 0 Å². The van der Waals surface area contributed by atoms with Crippen molar-refractivity contribution in [2.75, 3.05) is 12.4 Å². The van der Waals surface area contributed by atoms with E-state index in [1.807, 2.05) is 0 Å². The van der Waals surface area contributed by atoms with Crippen molar-refractivity contribution < 1.29 is 9.59 Å². The van der Waals surface area contributed by atoms with E-state index in [2.05, 4.69) is 20.8 Å². The zero-order valence-electron chi connectivity index (χ0n) is 6.92. The Morgan fingerprint density at radius 3 is 2.85 bits per heavy atom. The minimum Gasteiger partial charge on any atom is -0.365 e. The Balaban J connectivity index is 2.82. The van der Waals surface area contributed by atoms with Crippen LogP contribution in [0.4, 0.5) is 10.6 Å². The number of nitrogens with two attached hydrogens (primary N) is 1. The summed E-state index contributed by atoms with van der Waals surface area (Å²) in [5.74, 6) is -0.466. The van der Waals surface area contributed by atoms with Crippen molar-refractivity contribution in [3.05, 3.63) is 11.8 Å². The summed E-state index contributed by atoms with van der Waals surface area (Å²) in [6.07, 6.45) is 1.24. The standard InChI is InChI=1S/C6H9N5O2/c1-8-6(13)10-5-3(4(7)12)2-9-11-5/h2H,1H3,(H2,7,12)(H3,8,9,10,11,13). The quantitative estimate of drug-likeness (QED) is 0.484. The largest absolute Gasteiger partial charge is 0.365 e. The molecule has 0 spiro atoms. The number of carbonyl (C=O) groups excluding carboxylic acids is 2. The molecule has 0 unspecified atom stereocenters. The van der Waals surface area contributed by atoms with Crippen molar-refractivity contribution in [3.8, 4) is 0 Å². The Bertz CT molecular complexity index is 332. The summed E-state index contributed by atoms with van der Waals surface area (Å²) in [5, 5.41) is 10.7. The van der Waals surface area contributed by atoms with Gasteiger partial charge in [-0.3, -0.25) is 15.2 Å². The molecule has 1 heterocycles. The molecule has 5 N–H and O–H groups in total. The van der Waals surface area contributed by atoms with Crippen LogP contribution in [0.25, 0.3) is 0 Å². The third-order valence-corrected chi connectivity index (χ3v) is 1.37. The average molecular weight is 183 g/mol. The van der Waals surface area contributed by atoms with Crippen LogP contribution in [-0.4, -0.2) is 29.2 Å². The molecule has 0 aromatic carbocycles. The van der Waals surface area contributed by atoms with Gasteiger partial charge >= 0.3 is 6.03 Å². The highest BCUT2D eigenvalue weighted by Crippen LogP contribution is 2.08. The molecular weight excluding hydrogens is 174 g/mol. The maximum absolute atomic E-state index is 10.8. The second kappa shape index (κ2) is 3.57. The number of amides is 3. The van der Waals surface area contributed by atoms with Crippen LogP contribution in [0.2, 0.25) is 0 Å². The Labute approximate surface area is 73.7 Å². The molecule has 0 atom stereocenters. The van der Waals surface area contributed by atoms with Crippen LogP contribution in [0.15, 0.2) is 6.20 Å². The van der Waals surface area contributed by atoms with E-state index in [1.165, 1.54) is 13.2 Å². The van der Waals surface area contributed by atoms with Gasteiger partial charge in [-0.25, -0.2) is 4.79 Å². The third-order valence-electron chi connectivity index (χ3n) is 1.37. The van der Waals surface area contributed by atoms with Crippen LogP contribution in [0.1, 0.15) is 10.4 Å². The number of rotatable bonds is 2. The molecule has 7 nitrogen and oxygen atoms in total. The zero-order valence-corrected chi connectivity index (χ0v) is 6.92. The van der Waals surface area contributed by atoms with E-state index in [4.69, 9.17) is 5.73 Å². The molecule has 1 aromatic rings. The number of aromatic nitrogens is 2. The first-order chi connectivity index (χ1) is 6.15. The number of nitrogens with one attached hydrogen (secondary N) is 3. The number of urea groups is 1. The van der Waals surface area contributed by atoms with Gasteiger partial charge in [-0.15, -0.1) is 0 Å². The molecule has 0 aliphatic carbocycles. The molecule has 0 radical (unpaired) electrons. The van der Waals surface area contributed by atoms with Crippen LogP contribution in [-0.2, 0) is 0 Å². The number of aromatic amines is 1. The number of hydrogen-bond acceptors (Lipinski definition) is 3. The van der Waals surface area contributed by atoms with Gasteiger partial charge in [-0.05, 0) is 0 Å². The van der Waals surface area contributed by atoms with Crippen LogP contribution in [0.5, 0.6) is 0 Å². The van der Waals surface area contributed by atoms with E-state index >= 15 is 0 Å². The summed E-state index contributed by atoms with van der Waals surface area (Å²) < 4.78 is 0. The van der Waals surface area contributed by atoms with Gasteiger partial charge in [-0.2, -0.15) is 5.10 Å². The predicted molar refractivity (Wildman–Crippen MR) is 45.2 cm³/mol. The van der Waals surface area contributed by atoms with E-state index in [1.54, 1.807) is 0 Å². The average Bonchev–Trinajstić information content (AvgIpc) is 2.52. The molecule has 13 heavy (non-hydrogen) atoms. The van der Waals surface area contributed by atoms with Gasteiger partial charge in [0.05, 0.1) is 6.20 Å². The summed E-state index contributed by atoms with van der Waals surface area (Å²) in [7, 11) is 1.45. The van der Waals surface area contributed by atoms with Gasteiger partial charge < -0.3 is 11.1 Å². The van der Waals surface area contributed by atoms with Crippen molar-refractivity contribution >= 4 is 17.8 Å². The fraction of sp³-hybridized carbons (Fsp3) is 0.167. The second-order valence-electron chi connectivity index (χ2n) is 2.23. The summed E-state index contributed by atoms with van der Waals surface area (Å²) in [6.45, 7) is 0. The number of anilines is 1. The first-order valence-corrected chi connectivity index (χ1v) is 3.47. The van der Waals surface area contributed by atoms with E-state index < -0.39 is 11.9 Å². The summed E-state index contributed by atoms with van der Waals surface area (Å²) in [5.41, 5.74) is 5.15. The third kappa shape index (κ3) is 1.95. The Hall–Kier alpha value is -2.05. The number of H-pyrrole nitrogens is 1. The highest BCUT2D eigenvalue weighted by molar-refractivity contribution is 6.01. The Morgan fingerprint density at radius 2 is 2.31 bits per heavy atom. The molecule has 0 saturated heterocycles. The van der Waals surface area contributed by atoms with Crippen LogP contribution in [0, 0.1) is 0 Å². The smallest absolute Gasteiger partial charge is 0.320 e. The van der Waals surface area contributed by atoms with E-state index in [0.717, 1.165) is 0 Å². The van der Waals surface area contributed by atoms with Crippen molar-refractivity contribution in [1.82, 2.24) is 15.5 Å². The normalized spacial score (nSPS) is 9.31. The molecule has 0 aliphatic rings. The maximum Gasteiger partial charge on any atom is 0.320 e. The second-order valence-corrected chi connectivity index (χ2v) is 2.23. The van der Waals surface area contributed by atoms with Gasteiger partial charge in [0, 0.05) is 7.05 Å². The van der Waals surface area contributed by atoms with Crippen molar-refractivity contribution in [1.29, 1.82) is 0 Å². The molecule has 0 saturated carbocycles. The lowest BCUT2D eigenvalue weighted by Gasteiger charge is -2.01. The van der Waals surface area contributed by atoms with Gasteiger partial charge in [0.1, 0.15) is 11.4 Å². The summed E-state index contributed by atoms with van der Waals surface area (Å²) >= 11 is 0. The van der Waals surface area contributed by atoms with Gasteiger partial charge in [0.25, 0.3) is 5.91 Å². The lowest BCUT2D eigenvalue weighted by molar-refractivity contribution is 0.100. The number of nitrogens with zero attached hydrogens (tertiary/aromatic N) is 1. The Morgan fingerprint density at radius 1 is 1.62 bits per heavy atom. The summed E-state index contributed by atoms with van der Waals surface area (Å²) in [4.78, 5) is 21.6. The number of hydrogen-bond donors (Lipinski definition) is 4. The molecule has 1 rings (SSSR count). The minimum atomic E-state index is -0.653. The lowest BCUT2D eigenvalue weighted by atomic mass is 10.3. The van der Waals surface area contributed by atoms with E-state index in [9.17, 15) is 9.59 Å². The van der Waals surface area contributed by atoms with Crippen LogP contribution < -0.4 is 16.4 Å². The lowest BCUT2D eigenvalue weighted by Crippen LogP contribution is -2.26.